The van der Waals surface area contributed by atoms with Crippen molar-refractivity contribution in [2.75, 3.05) is 11.5 Å². The second-order valence-electron chi connectivity index (χ2n) is 12.0. The number of anilines is 2. The van der Waals surface area contributed by atoms with E-state index >= 15 is 0 Å². The molecule has 0 heterocycles. The maximum Gasteiger partial charge on any atom is 0.296 e. The van der Waals surface area contributed by atoms with Gasteiger partial charge in [-0.2, -0.15) is 35.5 Å². The zero-order chi connectivity index (χ0) is 39.5. The van der Waals surface area contributed by atoms with E-state index in [1.165, 1.54) is 18.2 Å². The van der Waals surface area contributed by atoms with Crippen molar-refractivity contribution in [1.29, 1.82) is 0 Å². The van der Waals surface area contributed by atoms with Gasteiger partial charge >= 0.3 is 0 Å². The summed E-state index contributed by atoms with van der Waals surface area (Å²) < 4.78 is 100. The summed E-state index contributed by atoms with van der Waals surface area (Å²) in [7, 11) is -14.4. The van der Waals surface area contributed by atoms with Crippen molar-refractivity contribution in [3.8, 4) is 22.6 Å². The molecule has 0 saturated heterocycles. The highest BCUT2D eigenvalue weighted by molar-refractivity contribution is 7.86. The number of rotatable bonds is 8. The average Bonchev–Trinajstić information content (AvgIpc) is 3.06. The molecule has 20 heteroatoms. The first-order chi connectivity index (χ1) is 25.1. The standard InChI is InChI=1S/C34H28N6O11S3/c1-16-11-18(3-7-25(16)37-39-27-9-5-22-28(53(46,47)48)10-6-23(35)31(22)33(27)41)19-4-8-26(17(2)12-19)38-40-32-29(54(49,50)51)14-20-13-21(52(43,44)45)15-24(36)30(20)34(32)42/h3-15,41-42H,35-36H2,1-2H3,(H,43,44,45)(H,46,47,48)(H,49,50,51). The summed E-state index contributed by atoms with van der Waals surface area (Å²) in [6, 6.07) is 18.0. The Hall–Kier alpha value is -6.03. The third kappa shape index (κ3) is 7.16. The SMILES string of the molecule is Cc1cc(-c2ccc(N=Nc3c(S(=O)(=O)O)cc4cc(S(=O)(=O)O)cc(N)c4c3O)c(C)c2)ccc1N=Nc1ccc2c(S(=O)(=O)O)ccc(N)c2c1O. The number of phenolic OH excluding ortho intramolecular Hbond substituents is 2. The minimum atomic E-state index is -5.04. The molecule has 0 aromatic heterocycles. The summed E-state index contributed by atoms with van der Waals surface area (Å²) in [4.78, 5) is -1.98. The van der Waals surface area contributed by atoms with Crippen molar-refractivity contribution in [2.45, 2.75) is 28.5 Å². The maximum absolute atomic E-state index is 12.3. The Morgan fingerprint density at radius 2 is 1.06 bits per heavy atom. The van der Waals surface area contributed by atoms with Gasteiger partial charge in [-0.15, -0.1) is 10.2 Å². The van der Waals surface area contributed by atoms with Gasteiger partial charge in [0.2, 0.25) is 0 Å². The summed E-state index contributed by atoms with van der Waals surface area (Å²) in [5.41, 5.74) is 14.5. The largest absolute Gasteiger partial charge is 0.505 e. The highest BCUT2D eigenvalue weighted by atomic mass is 32.2. The molecule has 54 heavy (non-hydrogen) atoms. The highest BCUT2D eigenvalue weighted by Gasteiger charge is 2.25. The predicted molar refractivity (Wildman–Crippen MR) is 199 cm³/mol. The van der Waals surface area contributed by atoms with Gasteiger partial charge in [-0.3, -0.25) is 13.7 Å². The number of phenols is 2. The van der Waals surface area contributed by atoms with E-state index in [0.29, 0.717) is 16.8 Å². The number of hydrogen-bond donors (Lipinski definition) is 7. The smallest absolute Gasteiger partial charge is 0.296 e. The molecule has 0 fully saturated rings. The van der Waals surface area contributed by atoms with Crippen molar-refractivity contribution >= 4 is 86.0 Å². The third-order valence-corrected chi connectivity index (χ3v) is 11.0. The molecule has 0 bridgehead atoms. The fourth-order valence-corrected chi connectivity index (χ4v) is 7.66. The van der Waals surface area contributed by atoms with E-state index in [4.69, 9.17) is 11.5 Å². The Kier molecular flexibility index (Phi) is 9.38. The Labute approximate surface area is 307 Å². The van der Waals surface area contributed by atoms with Gasteiger partial charge in [-0.05, 0) is 102 Å². The molecule has 0 spiro atoms. The van der Waals surface area contributed by atoms with E-state index in [1.54, 1.807) is 44.2 Å². The number of fused-ring (bicyclic) bond motifs is 2. The maximum atomic E-state index is 12.3. The van der Waals surface area contributed by atoms with Crippen LogP contribution < -0.4 is 11.5 Å². The average molecular weight is 793 g/mol. The lowest BCUT2D eigenvalue weighted by atomic mass is 10.0. The van der Waals surface area contributed by atoms with Crippen molar-refractivity contribution in [3.63, 3.8) is 0 Å². The Morgan fingerprint density at radius 3 is 1.59 bits per heavy atom. The number of aromatic hydroxyl groups is 2. The number of nitrogen functional groups attached to an aromatic ring is 2. The number of hydrogen-bond acceptors (Lipinski definition) is 14. The summed E-state index contributed by atoms with van der Waals surface area (Å²) in [5.74, 6) is -1.24. The lowest BCUT2D eigenvalue weighted by molar-refractivity contribution is 0.472. The van der Waals surface area contributed by atoms with Crippen LogP contribution in [0.4, 0.5) is 34.1 Å². The minimum absolute atomic E-state index is 0.000939. The molecule has 0 aliphatic heterocycles. The van der Waals surface area contributed by atoms with Gasteiger partial charge in [0.1, 0.15) is 21.2 Å². The molecule has 0 amide bonds. The van der Waals surface area contributed by atoms with Gasteiger partial charge in [0.05, 0.1) is 21.7 Å². The van der Waals surface area contributed by atoms with E-state index in [0.717, 1.165) is 35.4 Å². The zero-order valence-electron chi connectivity index (χ0n) is 27.9. The molecule has 0 unspecified atom stereocenters. The van der Waals surface area contributed by atoms with Crippen molar-refractivity contribution in [2.24, 2.45) is 20.5 Å². The molecule has 0 aliphatic rings. The molecular weight excluding hydrogens is 765 g/mol. The molecule has 278 valence electrons. The molecule has 0 saturated carbocycles. The predicted octanol–water partition coefficient (Wildman–Crippen LogP) is 7.42. The Morgan fingerprint density at radius 1 is 0.519 bits per heavy atom. The van der Waals surface area contributed by atoms with E-state index < -0.39 is 62.2 Å². The molecule has 0 atom stereocenters. The topological polar surface area (TPSA) is 305 Å². The number of nitrogens with zero attached hydrogens (tertiary/aromatic N) is 4. The lowest BCUT2D eigenvalue weighted by Gasteiger charge is -2.12. The van der Waals surface area contributed by atoms with Crippen LogP contribution >= 0.6 is 0 Å². The fourth-order valence-electron chi connectivity index (χ4n) is 5.76. The zero-order valence-corrected chi connectivity index (χ0v) is 30.3. The van der Waals surface area contributed by atoms with E-state index in [1.807, 2.05) is 6.07 Å². The monoisotopic (exact) mass is 792 g/mol. The quantitative estimate of drug-likeness (QED) is 0.0449. The van der Waals surface area contributed by atoms with Gasteiger partial charge in [0.15, 0.2) is 11.5 Å². The van der Waals surface area contributed by atoms with Crippen molar-refractivity contribution < 1.29 is 49.1 Å². The van der Waals surface area contributed by atoms with Gasteiger partial charge in [-0.25, -0.2) is 0 Å². The molecule has 0 radical (unpaired) electrons. The van der Waals surface area contributed by atoms with Gasteiger partial charge in [0, 0.05) is 22.1 Å². The van der Waals surface area contributed by atoms with Crippen LogP contribution in [0.25, 0.3) is 32.7 Å². The second kappa shape index (κ2) is 13.4. The summed E-state index contributed by atoms with van der Waals surface area (Å²) >= 11 is 0. The Bertz CT molecular complexity index is 2990. The Balaban J connectivity index is 1.30. The molecule has 0 aliphatic carbocycles. The number of nitrogens with two attached hydrogens (primary N) is 2. The van der Waals surface area contributed by atoms with Gasteiger partial charge in [0.25, 0.3) is 30.4 Å². The molecule has 6 aromatic carbocycles. The molecule has 6 rings (SSSR count). The second-order valence-corrected chi connectivity index (χ2v) is 16.2. The number of aryl methyl sites for hydroxylation is 2. The summed E-state index contributed by atoms with van der Waals surface area (Å²) in [6.45, 7) is 3.48. The number of benzene rings is 6. The molecular formula is C34H28N6O11S3. The van der Waals surface area contributed by atoms with Crippen molar-refractivity contribution in [3.05, 3.63) is 90.0 Å². The normalized spacial score (nSPS) is 12.8. The first-order valence-electron chi connectivity index (χ1n) is 15.3. The highest BCUT2D eigenvalue weighted by Crippen LogP contribution is 2.45. The van der Waals surface area contributed by atoms with E-state index in [-0.39, 0.29) is 44.3 Å². The van der Waals surface area contributed by atoms with Crippen LogP contribution in [0.1, 0.15) is 11.1 Å². The number of azo groups is 2. The van der Waals surface area contributed by atoms with Crippen LogP contribution in [0.5, 0.6) is 11.5 Å². The van der Waals surface area contributed by atoms with E-state index in [9.17, 15) is 49.1 Å². The van der Waals surface area contributed by atoms with Gasteiger partial charge in [-0.1, -0.05) is 18.2 Å². The molecule has 17 nitrogen and oxygen atoms in total. The lowest BCUT2D eigenvalue weighted by Crippen LogP contribution is -2.02. The van der Waals surface area contributed by atoms with Crippen molar-refractivity contribution in [1.82, 2.24) is 0 Å². The third-order valence-electron chi connectivity index (χ3n) is 8.38. The van der Waals surface area contributed by atoms with Crippen LogP contribution in [0, 0.1) is 13.8 Å². The first kappa shape index (κ1) is 37.7. The minimum Gasteiger partial charge on any atom is -0.505 e. The fraction of sp³-hybridized carbons (Fsp3) is 0.0588. The van der Waals surface area contributed by atoms with Crippen LogP contribution in [0.2, 0.25) is 0 Å². The van der Waals surface area contributed by atoms with Crippen LogP contribution in [0.15, 0.2) is 114 Å². The van der Waals surface area contributed by atoms with Crippen LogP contribution in [0.3, 0.4) is 0 Å². The molecule has 6 aromatic rings. The van der Waals surface area contributed by atoms with Gasteiger partial charge < -0.3 is 21.7 Å². The van der Waals surface area contributed by atoms with Crippen LogP contribution in [-0.4, -0.2) is 49.1 Å². The first-order valence-corrected chi connectivity index (χ1v) is 19.6. The van der Waals surface area contributed by atoms with E-state index in [2.05, 4.69) is 20.5 Å². The van der Waals surface area contributed by atoms with Crippen LogP contribution in [-0.2, 0) is 30.4 Å². The summed E-state index contributed by atoms with van der Waals surface area (Å²) in [5, 5.41) is 37.8. The summed E-state index contributed by atoms with van der Waals surface area (Å²) in [6.07, 6.45) is 0. The molecule has 9 N–H and O–H groups in total.